The van der Waals surface area contributed by atoms with Crippen LogP contribution in [0.15, 0.2) is 125 Å². The van der Waals surface area contributed by atoms with Crippen molar-refractivity contribution in [3.05, 3.63) is 132 Å². The summed E-state index contributed by atoms with van der Waals surface area (Å²) < 4.78 is 13.4. The van der Waals surface area contributed by atoms with E-state index >= 15 is 0 Å². The van der Waals surface area contributed by atoms with Crippen molar-refractivity contribution >= 4 is 28.7 Å². The molecule has 1 saturated heterocycles. The van der Waals surface area contributed by atoms with Crippen molar-refractivity contribution in [3.63, 3.8) is 0 Å². The average molecular weight is 656 g/mol. The quantitative estimate of drug-likeness (QED) is 0.186. The molecule has 3 heterocycles. The molecule has 0 spiro atoms. The maximum atomic E-state index is 14.0. The standard InChI is InChI=1S/C38H37N7O4/c1-44-18-14-29(15-19-44)42-36(46)34-22-26-12-13-27(35(39)43-38(47)49-30-9-3-2-4-10-30)23-33(26)45(34)24-28-21-31(48-37-40-16-7-17-41-37)20-25-8-5-6-11-32(25)28/h2-7,9-13,16-17,20-23,25,29H,8,14-15,18-19,24H2,1H3,(H,42,46)(H2,39,43,47). The highest BCUT2D eigenvalue weighted by atomic mass is 16.5. The Morgan fingerprint density at radius 3 is 2.63 bits per heavy atom. The number of amidine groups is 1. The van der Waals surface area contributed by atoms with Crippen LogP contribution in [0.5, 0.6) is 11.8 Å². The highest BCUT2D eigenvalue weighted by Crippen LogP contribution is 2.36. The van der Waals surface area contributed by atoms with E-state index < -0.39 is 6.09 Å². The van der Waals surface area contributed by atoms with Gasteiger partial charge in [-0.1, -0.05) is 48.6 Å². The Morgan fingerprint density at radius 2 is 1.84 bits per heavy atom. The number of likely N-dealkylation sites (tertiary alicyclic amines) is 1. The fourth-order valence-corrected chi connectivity index (χ4v) is 6.43. The number of nitrogens with zero attached hydrogens (tertiary/aromatic N) is 5. The molecule has 1 aliphatic heterocycles. The lowest BCUT2D eigenvalue weighted by Gasteiger charge is -2.30. The third kappa shape index (κ3) is 7.37. The molecular weight excluding hydrogens is 618 g/mol. The van der Waals surface area contributed by atoms with Crippen LogP contribution in [-0.4, -0.2) is 63.5 Å². The van der Waals surface area contributed by atoms with Gasteiger partial charge < -0.3 is 30.0 Å². The van der Waals surface area contributed by atoms with Gasteiger partial charge in [-0.3, -0.25) is 4.79 Å². The predicted octanol–water partition coefficient (Wildman–Crippen LogP) is 5.57. The smallest absolute Gasteiger partial charge is 0.425 e. The molecule has 11 heteroatoms. The molecule has 3 aliphatic rings. The Kier molecular flexibility index (Phi) is 9.16. The molecule has 0 bridgehead atoms. The molecule has 7 rings (SSSR count). The third-order valence-corrected chi connectivity index (χ3v) is 8.98. The molecule has 1 fully saturated rings. The van der Waals surface area contributed by atoms with E-state index in [0.29, 0.717) is 29.3 Å². The molecule has 1 unspecified atom stereocenters. The SMILES string of the molecule is CN1CCC(NC(=O)c2cc3ccc(/C(N)=N\C(=O)Oc4ccccc4)cc3n2CC2=CC(Oc3ncccn3)=CC3CC=CC=C23)CC1. The van der Waals surface area contributed by atoms with Gasteiger partial charge in [-0.2, -0.15) is 4.99 Å². The summed E-state index contributed by atoms with van der Waals surface area (Å²) in [5.41, 5.74) is 10.3. The molecule has 1 atom stereocenters. The van der Waals surface area contributed by atoms with Gasteiger partial charge in [0.05, 0.1) is 0 Å². The minimum absolute atomic E-state index is 0.00598. The molecule has 2 aromatic carbocycles. The molecule has 11 nitrogen and oxygen atoms in total. The summed E-state index contributed by atoms with van der Waals surface area (Å²) in [6, 6.07) is 18.2. The molecule has 2 aliphatic carbocycles. The summed E-state index contributed by atoms with van der Waals surface area (Å²) >= 11 is 0. The topological polar surface area (TPSA) is 137 Å². The summed E-state index contributed by atoms with van der Waals surface area (Å²) in [5, 5.41) is 4.14. The van der Waals surface area contributed by atoms with Crippen LogP contribution in [0.2, 0.25) is 0 Å². The lowest BCUT2D eigenvalue weighted by molar-refractivity contribution is 0.0908. The van der Waals surface area contributed by atoms with E-state index in [4.69, 9.17) is 15.2 Å². The van der Waals surface area contributed by atoms with Crippen LogP contribution in [-0.2, 0) is 6.54 Å². The number of nitrogens with one attached hydrogen (secondary N) is 1. The minimum Gasteiger partial charge on any atom is -0.425 e. The molecule has 0 radical (unpaired) electrons. The fourth-order valence-electron chi connectivity index (χ4n) is 6.43. The summed E-state index contributed by atoms with van der Waals surface area (Å²) in [6.07, 6.45) is 15.4. The van der Waals surface area contributed by atoms with E-state index in [2.05, 4.69) is 56.5 Å². The number of carbonyl (C=O) groups excluding carboxylic acids is 2. The number of rotatable bonds is 8. The second kappa shape index (κ2) is 14.1. The second-order valence-corrected chi connectivity index (χ2v) is 12.4. The number of piperidine rings is 1. The van der Waals surface area contributed by atoms with Crippen LogP contribution in [0, 0.1) is 5.92 Å². The Bertz CT molecular complexity index is 2020. The van der Waals surface area contributed by atoms with E-state index in [1.807, 2.05) is 34.9 Å². The van der Waals surface area contributed by atoms with E-state index in [-0.39, 0.29) is 29.7 Å². The number of para-hydroxylation sites is 1. The van der Waals surface area contributed by atoms with E-state index in [1.165, 1.54) is 0 Å². The Hall–Kier alpha value is -5.81. The van der Waals surface area contributed by atoms with Crippen molar-refractivity contribution in [1.82, 2.24) is 24.8 Å². The largest absolute Gasteiger partial charge is 0.441 e. The first-order chi connectivity index (χ1) is 23.9. The number of benzene rings is 2. The number of amides is 2. The van der Waals surface area contributed by atoms with Gasteiger partial charge in [0, 0.05) is 47.4 Å². The van der Waals surface area contributed by atoms with Gasteiger partial charge in [-0.25, -0.2) is 14.8 Å². The van der Waals surface area contributed by atoms with Gasteiger partial charge in [-0.05, 0) is 93.0 Å². The number of aromatic nitrogens is 3. The number of aliphatic imine (C=N–C) groups is 1. The molecular formula is C38H37N7O4. The zero-order valence-corrected chi connectivity index (χ0v) is 27.2. The minimum atomic E-state index is -0.824. The zero-order chi connectivity index (χ0) is 33.7. The van der Waals surface area contributed by atoms with Crippen LogP contribution in [0.4, 0.5) is 4.79 Å². The molecule has 2 amide bonds. The molecule has 2 aromatic heterocycles. The van der Waals surface area contributed by atoms with Crippen molar-refractivity contribution in [1.29, 1.82) is 0 Å². The number of ether oxygens (including phenoxy) is 2. The number of fused-ring (bicyclic) bond motifs is 2. The van der Waals surface area contributed by atoms with Crippen molar-refractivity contribution in [2.24, 2.45) is 16.6 Å². The first kappa shape index (κ1) is 31.8. The Labute approximate surface area is 284 Å². The normalized spacial score (nSPS) is 18.3. The predicted molar refractivity (Wildman–Crippen MR) is 187 cm³/mol. The molecule has 0 saturated carbocycles. The van der Waals surface area contributed by atoms with Gasteiger partial charge >= 0.3 is 12.1 Å². The summed E-state index contributed by atoms with van der Waals surface area (Å²) in [4.78, 5) is 41.3. The van der Waals surface area contributed by atoms with Gasteiger partial charge in [0.15, 0.2) is 0 Å². The molecule has 3 N–H and O–H groups in total. The summed E-state index contributed by atoms with van der Waals surface area (Å²) in [5.74, 6) is 0.968. The van der Waals surface area contributed by atoms with Gasteiger partial charge in [-0.15, -0.1) is 0 Å². The van der Waals surface area contributed by atoms with Crippen LogP contribution >= 0.6 is 0 Å². The highest BCUT2D eigenvalue weighted by Gasteiger charge is 2.27. The van der Waals surface area contributed by atoms with Gasteiger partial charge in [0.2, 0.25) is 0 Å². The Morgan fingerprint density at radius 1 is 1.04 bits per heavy atom. The third-order valence-electron chi connectivity index (χ3n) is 8.98. The van der Waals surface area contributed by atoms with Crippen molar-refractivity contribution in [2.45, 2.75) is 31.8 Å². The number of carbonyl (C=O) groups is 2. The lowest BCUT2D eigenvalue weighted by Crippen LogP contribution is -2.43. The van der Waals surface area contributed by atoms with E-state index in [1.54, 1.807) is 48.8 Å². The van der Waals surface area contributed by atoms with Crippen molar-refractivity contribution in [2.75, 3.05) is 20.1 Å². The lowest BCUT2D eigenvalue weighted by atomic mass is 9.82. The molecule has 4 aromatic rings. The number of nitrogens with two attached hydrogens (primary N) is 1. The average Bonchev–Trinajstić information content (AvgIpc) is 3.47. The monoisotopic (exact) mass is 655 g/mol. The molecule has 49 heavy (non-hydrogen) atoms. The Balaban J connectivity index is 1.25. The van der Waals surface area contributed by atoms with Crippen LogP contribution in [0.25, 0.3) is 10.9 Å². The maximum Gasteiger partial charge on any atom is 0.441 e. The first-order valence-corrected chi connectivity index (χ1v) is 16.4. The van der Waals surface area contributed by atoms with Crippen LogP contribution < -0.4 is 20.5 Å². The van der Waals surface area contributed by atoms with E-state index in [9.17, 15) is 9.59 Å². The summed E-state index contributed by atoms with van der Waals surface area (Å²) in [7, 11) is 2.10. The molecule has 248 valence electrons. The van der Waals surface area contributed by atoms with Gasteiger partial charge in [0.25, 0.3) is 5.91 Å². The van der Waals surface area contributed by atoms with Crippen molar-refractivity contribution in [3.8, 4) is 11.8 Å². The highest BCUT2D eigenvalue weighted by molar-refractivity contribution is 6.06. The van der Waals surface area contributed by atoms with Crippen LogP contribution in [0.1, 0.15) is 35.3 Å². The second-order valence-electron chi connectivity index (χ2n) is 12.4. The van der Waals surface area contributed by atoms with Gasteiger partial charge in [0.1, 0.15) is 23.0 Å². The number of hydrogen-bond acceptors (Lipinski definition) is 7. The van der Waals surface area contributed by atoms with Crippen LogP contribution in [0.3, 0.4) is 0 Å². The first-order valence-electron chi connectivity index (χ1n) is 16.4. The zero-order valence-electron chi connectivity index (χ0n) is 27.2. The van der Waals surface area contributed by atoms with Crippen molar-refractivity contribution < 1.29 is 19.1 Å². The maximum absolute atomic E-state index is 14.0. The number of allylic oxidation sites excluding steroid dienone is 7. The fraction of sp³-hybridized carbons (Fsp3) is 0.237. The number of hydrogen-bond donors (Lipinski definition) is 2. The summed E-state index contributed by atoms with van der Waals surface area (Å²) in [6.45, 7) is 2.24. The van der Waals surface area contributed by atoms with E-state index in [0.717, 1.165) is 54.4 Å².